The lowest BCUT2D eigenvalue weighted by atomic mass is 10.4. The molecule has 0 aliphatic carbocycles. The summed E-state index contributed by atoms with van der Waals surface area (Å²) in [6, 6.07) is 0. The van der Waals surface area contributed by atoms with Crippen LogP contribution in [0.15, 0.2) is 0 Å². The molecule has 11 heavy (non-hydrogen) atoms. The lowest BCUT2D eigenvalue weighted by molar-refractivity contribution is 0.0765. The van der Waals surface area contributed by atoms with Gasteiger partial charge in [-0.3, -0.25) is 0 Å². The van der Waals surface area contributed by atoms with E-state index in [0.29, 0.717) is 6.61 Å². The van der Waals surface area contributed by atoms with Crippen LogP contribution in [0.3, 0.4) is 0 Å². The first-order valence-electron chi connectivity index (χ1n) is 3.92. The summed E-state index contributed by atoms with van der Waals surface area (Å²) in [6.45, 7) is 4.32. The van der Waals surface area contributed by atoms with Crippen LogP contribution in [0.25, 0.3) is 0 Å². The lowest BCUT2D eigenvalue weighted by Gasteiger charge is -1.97. The number of aliphatic hydroxyl groups excluding tert-OH is 1. The first-order valence-corrected chi connectivity index (χ1v) is 5.44. The fourth-order valence-electron chi connectivity index (χ4n) is 0.375. The Balaban J connectivity index is 0. The second-order valence-corrected chi connectivity index (χ2v) is 3.43. The minimum Gasteiger partial charge on any atom is -0.391 e. The van der Waals surface area contributed by atoms with Gasteiger partial charge in [0.05, 0.1) is 12.7 Å². The van der Waals surface area contributed by atoms with E-state index in [1.54, 1.807) is 14.0 Å². The Hall–Kier alpha value is 0.650. The van der Waals surface area contributed by atoms with E-state index in [-0.39, 0.29) is 6.10 Å². The summed E-state index contributed by atoms with van der Waals surface area (Å²) in [7, 11) is 1.56. The van der Waals surface area contributed by atoms with Crippen LogP contribution in [0, 0.1) is 0 Å². The standard InChI is InChI=1S/C4H9I.C4H10O2/c1-2-3-4-5;1-4(5)3-6-2/h2-4H2,1H3;4-5H,3H2,1-2H3. The Morgan fingerprint density at radius 1 is 1.55 bits per heavy atom. The van der Waals surface area contributed by atoms with Gasteiger partial charge in [0.1, 0.15) is 0 Å². The van der Waals surface area contributed by atoms with E-state index in [0.717, 1.165) is 0 Å². The van der Waals surface area contributed by atoms with Crippen LogP contribution in [0.4, 0.5) is 0 Å². The van der Waals surface area contributed by atoms with Crippen molar-refractivity contribution in [1.82, 2.24) is 0 Å². The molecule has 0 rings (SSSR count). The van der Waals surface area contributed by atoms with Gasteiger partial charge in [-0.05, 0) is 17.8 Å². The van der Waals surface area contributed by atoms with Crippen molar-refractivity contribution in [2.24, 2.45) is 0 Å². The van der Waals surface area contributed by atoms with E-state index in [4.69, 9.17) is 5.11 Å². The maximum Gasteiger partial charge on any atom is 0.0745 e. The molecule has 0 heterocycles. The first-order chi connectivity index (χ1) is 5.18. The predicted molar refractivity (Wildman–Crippen MR) is 57.4 cm³/mol. The number of hydrogen-bond acceptors (Lipinski definition) is 2. The van der Waals surface area contributed by atoms with Crippen molar-refractivity contribution < 1.29 is 9.84 Å². The van der Waals surface area contributed by atoms with E-state index >= 15 is 0 Å². The molecule has 0 saturated carbocycles. The molecule has 70 valence electrons. The van der Waals surface area contributed by atoms with Gasteiger partial charge in [0.25, 0.3) is 0 Å². The smallest absolute Gasteiger partial charge is 0.0745 e. The van der Waals surface area contributed by atoms with Crippen molar-refractivity contribution >= 4 is 22.6 Å². The van der Waals surface area contributed by atoms with Gasteiger partial charge in [-0.15, -0.1) is 0 Å². The van der Waals surface area contributed by atoms with Crippen LogP contribution in [0.2, 0.25) is 0 Å². The van der Waals surface area contributed by atoms with Gasteiger partial charge in [-0.1, -0.05) is 35.9 Å². The third-order valence-electron chi connectivity index (χ3n) is 0.895. The van der Waals surface area contributed by atoms with Crippen LogP contribution in [0.5, 0.6) is 0 Å². The summed E-state index contributed by atoms with van der Waals surface area (Å²) in [5.74, 6) is 0. The Morgan fingerprint density at radius 3 is 2.09 bits per heavy atom. The molecule has 0 fully saturated rings. The highest BCUT2D eigenvalue weighted by molar-refractivity contribution is 14.1. The highest BCUT2D eigenvalue weighted by Crippen LogP contribution is 1.90. The number of aliphatic hydroxyl groups is 1. The number of rotatable bonds is 4. The molecule has 0 aromatic heterocycles. The molecule has 0 radical (unpaired) electrons. The second kappa shape index (κ2) is 13.3. The number of ether oxygens (including phenoxy) is 1. The Labute approximate surface area is 83.5 Å². The molecule has 0 bridgehead atoms. The van der Waals surface area contributed by atoms with E-state index in [1.807, 2.05) is 0 Å². The number of hydrogen-bond donors (Lipinski definition) is 1. The molecule has 3 heteroatoms. The largest absolute Gasteiger partial charge is 0.391 e. The molecule has 0 amide bonds. The van der Waals surface area contributed by atoms with Gasteiger partial charge < -0.3 is 9.84 Å². The van der Waals surface area contributed by atoms with Gasteiger partial charge in [0.2, 0.25) is 0 Å². The Kier molecular flexibility index (Phi) is 17.1. The molecule has 0 saturated heterocycles. The first kappa shape index (κ1) is 14.2. The fraction of sp³-hybridized carbons (Fsp3) is 1.00. The number of alkyl halides is 1. The highest BCUT2D eigenvalue weighted by Gasteiger charge is 1.87. The average Bonchev–Trinajstić information content (AvgIpc) is 1.90. The summed E-state index contributed by atoms with van der Waals surface area (Å²) in [5, 5.41) is 8.43. The van der Waals surface area contributed by atoms with E-state index in [2.05, 4.69) is 34.3 Å². The van der Waals surface area contributed by atoms with Crippen molar-refractivity contribution in [2.75, 3.05) is 18.1 Å². The van der Waals surface area contributed by atoms with Gasteiger partial charge >= 0.3 is 0 Å². The summed E-state index contributed by atoms with van der Waals surface area (Å²) in [4.78, 5) is 0. The van der Waals surface area contributed by atoms with Crippen LogP contribution < -0.4 is 0 Å². The number of methoxy groups -OCH3 is 1. The number of unbranched alkanes of at least 4 members (excludes halogenated alkanes) is 1. The quantitative estimate of drug-likeness (QED) is 0.629. The number of halogens is 1. The van der Waals surface area contributed by atoms with Gasteiger partial charge in [0, 0.05) is 7.11 Å². The molecule has 0 aliphatic heterocycles. The molecule has 0 aliphatic rings. The van der Waals surface area contributed by atoms with Crippen LogP contribution in [-0.2, 0) is 4.74 Å². The van der Waals surface area contributed by atoms with Crippen LogP contribution >= 0.6 is 22.6 Å². The van der Waals surface area contributed by atoms with Crippen molar-refractivity contribution in [1.29, 1.82) is 0 Å². The topological polar surface area (TPSA) is 29.5 Å². The molecule has 2 nitrogen and oxygen atoms in total. The Morgan fingerprint density at radius 2 is 2.09 bits per heavy atom. The van der Waals surface area contributed by atoms with Gasteiger partial charge in [-0.25, -0.2) is 0 Å². The van der Waals surface area contributed by atoms with Crippen molar-refractivity contribution in [3.05, 3.63) is 0 Å². The van der Waals surface area contributed by atoms with Gasteiger partial charge in [-0.2, -0.15) is 0 Å². The summed E-state index contributed by atoms with van der Waals surface area (Å²) < 4.78 is 5.87. The van der Waals surface area contributed by atoms with Crippen LogP contribution in [-0.4, -0.2) is 29.4 Å². The third kappa shape index (κ3) is 25.0. The fourth-order valence-corrected chi connectivity index (χ4v) is 1.14. The predicted octanol–water partition coefficient (Wildman–Crippen LogP) is 2.24. The van der Waals surface area contributed by atoms with E-state index < -0.39 is 0 Å². The molecule has 1 N–H and O–H groups in total. The molecule has 1 atom stereocenters. The van der Waals surface area contributed by atoms with E-state index in [1.165, 1.54) is 17.3 Å². The molecule has 0 aromatic rings. The maximum absolute atomic E-state index is 8.43. The van der Waals surface area contributed by atoms with Gasteiger partial charge in [0.15, 0.2) is 0 Å². The monoisotopic (exact) mass is 274 g/mol. The normalized spacial score (nSPS) is 11.7. The molecular weight excluding hydrogens is 255 g/mol. The minimum atomic E-state index is -0.324. The minimum absolute atomic E-state index is 0.324. The third-order valence-corrected chi connectivity index (χ3v) is 1.66. The summed E-state index contributed by atoms with van der Waals surface area (Å²) >= 11 is 2.39. The molecule has 0 aromatic carbocycles. The van der Waals surface area contributed by atoms with Crippen molar-refractivity contribution in [3.8, 4) is 0 Å². The van der Waals surface area contributed by atoms with Crippen LogP contribution in [0.1, 0.15) is 26.7 Å². The highest BCUT2D eigenvalue weighted by atomic mass is 127. The lowest BCUT2D eigenvalue weighted by Crippen LogP contribution is -2.07. The summed E-state index contributed by atoms with van der Waals surface area (Å²) in [5.41, 5.74) is 0. The zero-order valence-corrected chi connectivity index (χ0v) is 9.80. The Bertz CT molecular complexity index is 56.1. The zero-order valence-electron chi connectivity index (χ0n) is 7.64. The van der Waals surface area contributed by atoms with Crippen molar-refractivity contribution in [2.45, 2.75) is 32.8 Å². The maximum atomic E-state index is 8.43. The molecular formula is C8H19IO2. The SMILES string of the molecule is CCCCI.COCC(C)O. The summed E-state index contributed by atoms with van der Waals surface area (Å²) in [6.07, 6.45) is 2.39. The van der Waals surface area contributed by atoms with Crippen molar-refractivity contribution in [3.63, 3.8) is 0 Å². The average molecular weight is 274 g/mol. The zero-order chi connectivity index (χ0) is 9.11. The molecule has 0 spiro atoms. The molecule has 1 unspecified atom stereocenters. The second-order valence-electron chi connectivity index (χ2n) is 2.35. The van der Waals surface area contributed by atoms with E-state index in [9.17, 15) is 0 Å².